The SMILES string of the molecule is Cn1c(CNCC2(C)CCOCC2)cc(=O)n(C)c1=O. The largest absolute Gasteiger partial charge is 0.381 e. The summed E-state index contributed by atoms with van der Waals surface area (Å²) in [6.07, 6.45) is 2.07. The van der Waals surface area contributed by atoms with Gasteiger partial charge >= 0.3 is 5.69 Å². The van der Waals surface area contributed by atoms with Crippen LogP contribution in [0.15, 0.2) is 15.7 Å². The van der Waals surface area contributed by atoms with E-state index in [2.05, 4.69) is 12.2 Å². The Labute approximate surface area is 118 Å². The molecule has 6 nitrogen and oxygen atoms in total. The predicted molar refractivity (Wildman–Crippen MR) is 76.8 cm³/mol. The first kappa shape index (κ1) is 15.0. The molecule has 0 bridgehead atoms. The monoisotopic (exact) mass is 281 g/mol. The lowest BCUT2D eigenvalue weighted by Crippen LogP contribution is -2.40. The molecule has 2 heterocycles. The van der Waals surface area contributed by atoms with Crippen molar-refractivity contribution in [2.75, 3.05) is 19.8 Å². The Bertz CT molecular complexity index is 582. The third kappa shape index (κ3) is 3.19. The lowest BCUT2D eigenvalue weighted by Gasteiger charge is -2.33. The highest BCUT2D eigenvalue weighted by Gasteiger charge is 2.26. The summed E-state index contributed by atoms with van der Waals surface area (Å²) in [5.41, 5.74) is 0.402. The maximum absolute atomic E-state index is 11.8. The summed E-state index contributed by atoms with van der Waals surface area (Å²) in [7, 11) is 3.18. The van der Waals surface area contributed by atoms with Crippen LogP contribution < -0.4 is 16.6 Å². The van der Waals surface area contributed by atoms with E-state index >= 15 is 0 Å². The Morgan fingerprint density at radius 1 is 1.25 bits per heavy atom. The number of hydrogen-bond donors (Lipinski definition) is 1. The van der Waals surface area contributed by atoms with Crippen LogP contribution in [-0.4, -0.2) is 28.9 Å². The number of ether oxygens (including phenoxy) is 1. The van der Waals surface area contributed by atoms with Gasteiger partial charge in [0.05, 0.1) is 0 Å². The molecule has 20 heavy (non-hydrogen) atoms. The standard InChI is InChI=1S/C14H23N3O3/c1-14(4-6-20-7-5-14)10-15-9-11-8-12(18)17(3)13(19)16(11)2/h8,15H,4-7,9-10H2,1-3H3. The molecule has 0 unspecified atom stereocenters. The Morgan fingerprint density at radius 3 is 2.55 bits per heavy atom. The molecular formula is C14H23N3O3. The highest BCUT2D eigenvalue weighted by Crippen LogP contribution is 2.28. The van der Waals surface area contributed by atoms with Crippen molar-refractivity contribution in [3.05, 3.63) is 32.6 Å². The lowest BCUT2D eigenvalue weighted by molar-refractivity contribution is 0.0239. The molecule has 112 valence electrons. The average Bonchev–Trinajstić information content (AvgIpc) is 2.43. The molecule has 0 aromatic carbocycles. The van der Waals surface area contributed by atoms with Crippen molar-refractivity contribution in [3.63, 3.8) is 0 Å². The minimum absolute atomic E-state index is 0.233. The van der Waals surface area contributed by atoms with E-state index in [4.69, 9.17) is 4.74 Å². The van der Waals surface area contributed by atoms with E-state index in [0.717, 1.165) is 37.2 Å². The second-order valence-corrected chi connectivity index (χ2v) is 5.90. The summed E-state index contributed by atoms with van der Waals surface area (Å²) < 4.78 is 8.00. The van der Waals surface area contributed by atoms with Crippen molar-refractivity contribution in [1.82, 2.24) is 14.5 Å². The maximum atomic E-state index is 11.8. The molecular weight excluding hydrogens is 258 g/mol. The van der Waals surface area contributed by atoms with Crippen molar-refractivity contribution < 1.29 is 4.74 Å². The Morgan fingerprint density at radius 2 is 1.90 bits per heavy atom. The van der Waals surface area contributed by atoms with Gasteiger partial charge in [-0.25, -0.2) is 4.79 Å². The molecule has 1 aliphatic rings. The lowest BCUT2D eigenvalue weighted by atomic mass is 9.82. The predicted octanol–water partition coefficient (Wildman–Crippen LogP) is -0.00970. The molecule has 1 saturated heterocycles. The van der Waals surface area contributed by atoms with E-state index in [9.17, 15) is 9.59 Å². The molecule has 1 aliphatic heterocycles. The third-order valence-electron chi connectivity index (χ3n) is 4.18. The topological polar surface area (TPSA) is 65.3 Å². The molecule has 1 aromatic heterocycles. The molecule has 0 atom stereocenters. The normalized spacial score (nSPS) is 18.1. The van der Waals surface area contributed by atoms with E-state index in [1.54, 1.807) is 7.05 Å². The van der Waals surface area contributed by atoms with Crippen molar-refractivity contribution in [2.24, 2.45) is 19.5 Å². The second-order valence-electron chi connectivity index (χ2n) is 5.90. The molecule has 6 heteroatoms. The van der Waals surface area contributed by atoms with Crippen molar-refractivity contribution in [2.45, 2.75) is 26.3 Å². The minimum Gasteiger partial charge on any atom is -0.381 e. The summed E-state index contributed by atoms with van der Waals surface area (Å²) in [4.78, 5) is 23.5. The molecule has 0 spiro atoms. The summed E-state index contributed by atoms with van der Waals surface area (Å²) in [6.45, 7) is 5.24. The van der Waals surface area contributed by atoms with Gasteiger partial charge in [0.1, 0.15) is 0 Å². The molecule has 0 amide bonds. The smallest absolute Gasteiger partial charge is 0.330 e. The first-order valence-electron chi connectivity index (χ1n) is 6.97. The van der Waals surface area contributed by atoms with Gasteiger partial charge in [-0.3, -0.25) is 13.9 Å². The zero-order chi connectivity index (χ0) is 14.8. The zero-order valence-electron chi connectivity index (χ0n) is 12.4. The Balaban J connectivity index is 2.01. The third-order valence-corrected chi connectivity index (χ3v) is 4.18. The quantitative estimate of drug-likeness (QED) is 0.843. The van der Waals surface area contributed by atoms with E-state index in [1.807, 2.05) is 0 Å². The van der Waals surface area contributed by atoms with Crippen molar-refractivity contribution in [1.29, 1.82) is 0 Å². The molecule has 1 aromatic rings. The average molecular weight is 281 g/mol. The van der Waals surface area contributed by atoms with Crippen molar-refractivity contribution in [3.8, 4) is 0 Å². The van der Waals surface area contributed by atoms with Crippen LogP contribution in [0, 0.1) is 5.41 Å². The van der Waals surface area contributed by atoms with Crippen LogP contribution in [0.1, 0.15) is 25.5 Å². The second kappa shape index (κ2) is 5.93. The number of hydrogen-bond acceptors (Lipinski definition) is 4. The number of nitrogens with zero attached hydrogens (tertiary/aromatic N) is 2. The van der Waals surface area contributed by atoms with Crippen LogP contribution in [-0.2, 0) is 25.4 Å². The van der Waals surface area contributed by atoms with Crippen LogP contribution in [0.5, 0.6) is 0 Å². The highest BCUT2D eigenvalue weighted by atomic mass is 16.5. The van der Waals surface area contributed by atoms with Gasteiger partial charge in [-0.1, -0.05) is 6.92 Å². The number of nitrogens with one attached hydrogen (secondary N) is 1. The molecule has 0 aliphatic carbocycles. The van der Waals surface area contributed by atoms with Crippen LogP contribution in [0.2, 0.25) is 0 Å². The van der Waals surface area contributed by atoms with Gasteiger partial charge in [-0.15, -0.1) is 0 Å². The summed E-state index contributed by atoms with van der Waals surface area (Å²) in [5.74, 6) is 0. The van der Waals surface area contributed by atoms with Gasteiger partial charge in [-0.05, 0) is 18.3 Å². The van der Waals surface area contributed by atoms with E-state index < -0.39 is 0 Å². The molecule has 0 radical (unpaired) electrons. The highest BCUT2D eigenvalue weighted by molar-refractivity contribution is 5.02. The molecule has 1 fully saturated rings. The zero-order valence-corrected chi connectivity index (χ0v) is 12.4. The van der Waals surface area contributed by atoms with Crippen molar-refractivity contribution >= 4 is 0 Å². The molecule has 2 rings (SSSR count). The van der Waals surface area contributed by atoms with Crippen LogP contribution >= 0.6 is 0 Å². The van der Waals surface area contributed by atoms with Gasteiger partial charge in [-0.2, -0.15) is 0 Å². The fourth-order valence-electron chi connectivity index (χ4n) is 2.48. The molecule has 1 N–H and O–H groups in total. The first-order valence-corrected chi connectivity index (χ1v) is 6.97. The van der Waals surface area contributed by atoms with Gasteiger partial charge < -0.3 is 10.1 Å². The minimum atomic E-state index is -0.286. The van der Waals surface area contributed by atoms with Gasteiger partial charge in [0.2, 0.25) is 0 Å². The van der Waals surface area contributed by atoms with Crippen LogP contribution in [0.25, 0.3) is 0 Å². The maximum Gasteiger partial charge on any atom is 0.330 e. The van der Waals surface area contributed by atoms with Crippen LogP contribution in [0.4, 0.5) is 0 Å². The van der Waals surface area contributed by atoms with Gasteiger partial charge in [0.25, 0.3) is 5.56 Å². The van der Waals surface area contributed by atoms with Gasteiger partial charge in [0.15, 0.2) is 0 Å². The van der Waals surface area contributed by atoms with E-state index in [1.165, 1.54) is 17.7 Å². The fraction of sp³-hybridized carbons (Fsp3) is 0.714. The van der Waals surface area contributed by atoms with E-state index in [0.29, 0.717) is 12.2 Å². The first-order chi connectivity index (χ1) is 9.43. The fourth-order valence-corrected chi connectivity index (χ4v) is 2.48. The Kier molecular flexibility index (Phi) is 4.45. The summed E-state index contributed by atoms with van der Waals surface area (Å²) in [5, 5.41) is 3.36. The number of aromatic nitrogens is 2. The summed E-state index contributed by atoms with van der Waals surface area (Å²) >= 11 is 0. The van der Waals surface area contributed by atoms with Crippen LogP contribution in [0.3, 0.4) is 0 Å². The van der Waals surface area contributed by atoms with Gasteiger partial charge in [0, 0.05) is 52.2 Å². The Hall–Kier alpha value is -1.40. The van der Waals surface area contributed by atoms with E-state index in [-0.39, 0.29) is 16.7 Å². The molecule has 0 saturated carbocycles. The number of rotatable bonds is 4. The summed E-state index contributed by atoms with van der Waals surface area (Å²) in [6, 6.07) is 1.51.